The summed E-state index contributed by atoms with van der Waals surface area (Å²) in [7, 11) is 2.96. The molecule has 132 valence electrons. The van der Waals surface area contributed by atoms with Crippen LogP contribution >= 0.6 is 15.9 Å². The number of piperazine rings is 1. The third-order valence-corrected chi connectivity index (χ3v) is 4.63. The van der Waals surface area contributed by atoms with Gasteiger partial charge in [-0.2, -0.15) is 0 Å². The number of amides is 2. The Bertz CT molecular complexity index is 589. The number of carbonyl (C=O) groups excluding carboxylic acids is 2. The molecule has 0 bridgehead atoms. The zero-order chi connectivity index (χ0) is 17.5. The highest BCUT2D eigenvalue weighted by Crippen LogP contribution is 2.22. The van der Waals surface area contributed by atoms with Crippen molar-refractivity contribution < 1.29 is 19.1 Å². The molecule has 0 aromatic heterocycles. The zero-order valence-corrected chi connectivity index (χ0v) is 15.5. The maximum atomic E-state index is 12.3. The molecule has 24 heavy (non-hydrogen) atoms. The molecule has 1 saturated heterocycles. The van der Waals surface area contributed by atoms with E-state index >= 15 is 0 Å². The summed E-state index contributed by atoms with van der Waals surface area (Å²) >= 11 is 3.38. The molecule has 0 atom stereocenters. The van der Waals surface area contributed by atoms with E-state index in [9.17, 15) is 9.59 Å². The number of rotatable bonds is 5. The number of carbonyl (C=O) groups is 2. The molecule has 1 aliphatic heterocycles. The summed E-state index contributed by atoms with van der Waals surface area (Å²) in [5.41, 5.74) is 0.546. The molecule has 1 aromatic rings. The summed E-state index contributed by atoms with van der Waals surface area (Å²) in [6, 6.07) is 5.29. The minimum Gasteiger partial charge on any atom is -0.497 e. The van der Waals surface area contributed by atoms with E-state index in [2.05, 4.69) is 26.1 Å². The van der Waals surface area contributed by atoms with Crippen molar-refractivity contribution in [2.45, 2.75) is 0 Å². The van der Waals surface area contributed by atoms with Crippen LogP contribution in [0.15, 0.2) is 22.7 Å². The van der Waals surface area contributed by atoms with Crippen molar-refractivity contribution >= 4 is 27.9 Å². The van der Waals surface area contributed by atoms with Crippen LogP contribution in [0.5, 0.6) is 5.75 Å². The normalized spacial score (nSPS) is 15.0. The maximum absolute atomic E-state index is 12.3. The Morgan fingerprint density at radius 1 is 1.21 bits per heavy atom. The molecular weight excluding hydrogens is 378 g/mol. The third-order valence-electron chi connectivity index (χ3n) is 3.94. The molecular formula is C16H22BrN3O4. The molecule has 0 aliphatic carbocycles. The molecule has 0 spiro atoms. The van der Waals surface area contributed by atoms with Gasteiger partial charge in [0.25, 0.3) is 5.91 Å². The van der Waals surface area contributed by atoms with Crippen LogP contribution in [-0.4, -0.2) is 75.3 Å². The highest BCUT2D eigenvalue weighted by Gasteiger charge is 2.21. The lowest BCUT2D eigenvalue weighted by molar-refractivity contribution is 0.0884. The van der Waals surface area contributed by atoms with Gasteiger partial charge in [-0.3, -0.25) is 9.69 Å². The van der Waals surface area contributed by atoms with Crippen LogP contribution in [0.3, 0.4) is 0 Å². The van der Waals surface area contributed by atoms with Gasteiger partial charge in [-0.25, -0.2) is 4.79 Å². The third kappa shape index (κ3) is 4.85. The second-order valence-electron chi connectivity index (χ2n) is 5.40. The fraction of sp³-hybridized carbons (Fsp3) is 0.500. The fourth-order valence-electron chi connectivity index (χ4n) is 2.51. The average molecular weight is 400 g/mol. The number of hydrogen-bond donors (Lipinski definition) is 1. The quantitative estimate of drug-likeness (QED) is 0.813. The summed E-state index contributed by atoms with van der Waals surface area (Å²) in [6.45, 7) is 4.11. The molecule has 2 rings (SSSR count). The van der Waals surface area contributed by atoms with E-state index in [-0.39, 0.29) is 12.0 Å². The van der Waals surface area contributed by atoms with E-state index in [0.717, 1.165) is 24.1 Å². The first-order chi connectivity index (χ1) is 11.5. The second kappa shape index (κ2) is 8.89. The minimum atomic E-state index is -0.286. The summed E-state index contributed by atoms with van der Waals surface area (Å²) in [6.07, 6.45) is -0.286. The Morgan fingerprint density at radius 3 is 2.54 bits per heavy atom. The Labute approximate surface area is 150 Å². The van der Waals surface area contributed by atoms with Crippen molar-refractivity contribution in [2.75, 3.05) is 53.5 Å². The molecule has 8 heteroatoms. The van der Waals surface area contributed by atoms with Crippen LogP contribution in [0.4, 0.5) is 4.79 Å². The Hall–Kier alpha value is -1.80. The van der Waals surface area contributed by atoms with Gasteiger partial charge < -0.3 is 19.7 Å². The van der Waals surface area contributed by atoms with Gasteiger partial charge in [0, 0.05) is 43.7 Å². The summed E-state index contributed by atoms with van der Waals surface area (Å²) < 4.78 is 10.6. The SMILES string of the molecule is COC(=O)N1CCN(CCNC(=O)c2cc(OC)ccc2Br)CC1. The van der Waals surface area contributed by atoms with E-state index in [1.807, 2.05) is 0 Å². The standard InChI is InChI=1S/C16H22BrN3O4/c1-23-12-3-4-14(17)13(11-12)15(21)18-5-6-19-7-9-20(10-8-19)16(22)24-2/h3-4,11H,5-10H2,1-2H3,(H,18,21). The second-order valence-corrected chi connectivity index (χ2v) is 6.25. The van der Waals surface area contributed by atoms with Gasteiger partial charge in [0.2, 0.25) is 0 Å². The van der Waals surface area contributed by atoms with Gasteiger partial charge in [0.05, 0.1) is 19.8 Å². The average Bonchev–Trinajstić information content (AvgIpc) is 2.62. The topological polar surface area (TPSA) is 71.1 Å². The van der Waals surface area contributed by atoms with Crippen molar-refractivity contribution in [1.29, 1.82) is 0 Å². The Morgan fingerprint density at radius 2 is 1.92 bits per heavy atom. The smallest absolute Gasteiger partial charge is 0.409 e. The highest BCUT2D eigenvalue weighted by molar-refractivity contribution is 9.10. The van der Waals surface area contributed by atoms with E-state index in [0.29, 0.717) is 30.9 Å². The molecule has 7 nitrogen and oxygen atoms in total. The number of benzene rings is 1. The molecule has 1 aliphatic rings. The Kier molecular flexibility index (Phi) is 6.86. The Balaban J connectivity index is 1.77. The maximum Gasteiger partial charge on any atom is 0.409 e. The van der Waals surface area contributed by atoms with Crippen molar-refractivity contribution in [3.8, 4) is 5.75 Å². The number of nitrogens with one attached hydrogen (secondary N) is 1. The van der Waals surface area contributed by atoms with Crippen LogP contribution in [0, 0.1) is 0 Å². The lowest BCUT2D eigenvalue weighted by Gasteiger charge is -2.33. The van der Waals surface area contributed by atoms with Gasteiger partial charge in [-0.1, -0.05) is 0 Å². The number of nitrogens with zero attached hydrogens (tertiary/aromatic N) is 2. The number of hydrogen-bond acceptors (Lipinski definition) is 5. The zero-order valence-electron chi connectivity index (χ0n) is 13.9. The van der Waals surface area contributed by atoms with Gasteiger partial charge in [-0.05, 0) is 34.1 Å². The van der Waals surface area contributed by atoms with Crippen LogP contribution in [0.1, 0.15) is 10.4 Å². The van der Waals surface area contributed by atoms with E-state index in [1.54, 1.807) is 30.2 Å². The number of halogens is 1. The fourth-order valence-corrected chi connectivity index (χ4v) is 2.94. The number of ether oxygens (including phenoxy) is 2. The van der Waals surface area contributed by atoms with Gasteiger partial charge >= 0.3 is 6.09 Å². The minimum absolute atomic E-state index is 0.144. The predicted octanol–water partition coefficient (Wildman–Crippen LogP) is 1.57. The van der Waals surface area contributed by atoms with Crippen molar-refractivity contribution in [3.63, 3.8) is 0 Å². The molecule has 2 amide bonds. The summed E-state index contributed by atoms with van der Waals surface area (Å²) in [5.74, 6) is 0.497. The van der Waals surface area contributed by atoms with Crippen LogP contribution in [0.2, 0.25) is 0 Å². The first-order valence-electron chi connectivity index (χ1n) is 7.72. The number of methoxy groups -OCH3 is 2. The largest absolute Gasteiger partial charge is 0.497 e. The highest BCUT2D eigenvalue weighted by atomic mass is 79.9. The molecule has 0 radical (unpaired) electrons. The van der Waals surface area contributed by atoms with Gasteiger partial charge in [0.15, 0.2) is 0 Å². The van der Waals surface area contributed by atoms with Crippen LogP contribution in [-0.2, 0) is 4.74 Å². The van der Waals surface area contributed by atoms with Crippen molar-refractivity contribution in [3.05, 3.63) is 28.2 Å². The van der Waals surface area contributed by atoms with E-state index < -0.39 is 0 Å². The van der Waals surface area contributed by atoms with Crippen LogP contribution in [0.25, 0.3) is 0 Å². The molecule has 1 fully saturated rings. The molecule has 1 aromatic carbocycles. The molecule has 0 unspecified atom stereocenters. The molecule has 1 heterocycles. The van der Waals surface area contributed by atoms with Gasteiger partial charge in [0.1, 0.15) is 5.75 Å². The van der Waals surface area contributed by atoms with Crippen LogP contribution < -0.4 is 10.1 Å². The summed E-state index contributed by atoms with van der Waals surface area (Å²) in [5, 5.41) is 2.91. The first kappa shape index (κ1) is 18.5. The van der Waals surface area contributed by atoms with E-state index in [1.165, 1.54) is 7.11 Å². The molecule has 1 N–H and O–H groups in total. The molecule has 0 saturated carbocycles. The van der Waals surface area contributed by atoms with Crippen molar-refractivity contribution in [2.24, 2.45) is 0 Å². The first-order valence-corrected chi connectivity index (χ1v) is 8.51. The lowest BCUT2D eigenvalue weighted by atomic mass is 10.2. The van der Waals surface area contributed by atoms with Crippen molar-refractivity contribution in [1.82, 2.24) is 15.1 Å². The lowest BCUT2D eigenvalue weighted by Crippen LogP contribution is -2.50. The van der Waals surface area contributed by atoms with Gasteiger partial charge in [-0.15, -0.1) is 0 Å². The van der Waals surface area contributed by atoms with E-state index in [4.69, 9.17) is 9.47 Å². The predicted molar refractivity (Wildman–Crippen MR) is 93.4 cm³/mol. The monoisotopic (exact) mass is 399 g/mol. The summed E-state index contributed by atoms with van der Waals surface area (Å²) in [4.78, 5) is 27.6.